The predicted molar refractivity (Wildman–Crippen MR) is 96.1 cm³/mol. The van der Waals surface area contributed by atoms with Crippen molar-refractivity contribution in [2.24, 2.45) is 0 Å². The van der Waals surface area contributed by atoms with Gasteiger partial charge in [0, 0.05) is 6.42 Å². The molecule has 0 saturated carbocycles. The third-order valence-electron chi connectivity index (χ3n) is 3.95. The van der Waals surface area contributed by atoms with Gasteiger partial charge in [0.15, 0.2) is 0 Å². The van der Waals surface area contributed by atoms with E-state index in [4.69, 9.17) is 4.74 Å². The highest BCUT2D eigenvalue weighted by Crippen LogP contribution is 2.10. The predicted octanol–water partition coefficient (Wildman–Crippen LogP) is 6.59. The van der Waals surface area contributed by atoms with E-state index in [-0.39, 0.29) is 5.97 Å². The lowest BCUT2D eigenvalue weighted by Gasteiger charge is -2.01. The Morgan fingerprint density at radius 1 is 0.727 bits per heavy atom. The van der Waals surface area contributed by atoms with E-state index in [2.05, 4.69) is 19.1 Å². The normalized spacial score (nSPS) is 11.2. The fourth-order valence-corrected chi connectivity index (χ4v) is 2.57. The molecule has 0 saturated heterocycles. The van der Waals surface area contributed by atoms with Crippen LogP contribution in [0.4, 0.5) is 0 Å². The van der Waals surface area contributed by atoms with Crippen LogP contribution in [-0.2, 0) is 9.53 Å². The molecule has 0 aliphatic rings. The Morgan fingerprint density at radius 2 is 1.23 bits per heavy atom. The number of ether oxygens (including phenoxy) is 1. The average molecular weight is 311 g/mol. The molecule has 0 radical (unpaired) electrons. The number of allylic oxidation sites excluding steroid dienone is 2. The van der Waals surface area contributed by atoms with Gasteiger partial charge in [-0.3, -0.25) is 4.79 Å². The number of carbonyl (C=O) groups excluding carboxylic acids is 1. The molecule has 0 rings (SSSR count). The maximum atomic E-state index is 11.1. The van der Waals surface area contributed by atoms with Crippen LogP contribution in [0.1, 0.15) is 104 Å². The van der Waals surface area contributed by atoms with E-state index >= 15 is 0 Å². The summed E-state index contributed by atoms with van der Waals surface area (Å²) in [4.78, 5) is 11.1. The summed E-state index contributed by atoms with van der Waals surface area (Å²) in [6, 6.07) is 0. The molecule has 0 aromatic rings. The van der Waals surface area contributed by atoms with Gasteiger partial charge in [0.25, 0.3) is 0 Å². The van der Waals surface area contributed by atoms with Crippen LogP contribution < -0.4 is 0 Å². The van der Waals surface area contributed by atoms with E-state index in [0.717, 1.165) is 12.8 Å². The second kappa shape index (κ2) is 18.3. The first-order valence-electron chi connectivity index (χ1n) is 9.61. The average Bonchev–Trinajstić information content (AvgIpc) is 2.51. The highest BCUT2D eigenvalue weighted by molar-refractivity contribution is 5.69. The van der Waals surface area contributed by atoms with E-state index in [1.54, 1.807) is 0 Å². The third-order valence-corrected chi connectivity index (χ3v) is 3.95. The molecule has 22 heavy (non-hydrogen) atoms. The second-order valence-electron chi connectivity index (χ2n) is 6.14. The molecule has 0 aromatic heterocycles. The summed E-state index contributed by atoms with van der Waals surface area (Å²) < 4.78 is 4.91. The molecule has 0 fully saturated rings. The van der Waals surface area contributed by atoms with E-state index in [1.165, 1.54) is 70.6 Å². The van der Waals surface area contributed by atoms with Gasteiger partial charge in [0.05, 0.1) is 6.61 Å². The maximum Gasteiger partial charge on any atom is 0.305 e. The largest absolute Gasteiger partial charge is 0.466 e. The van der Waals surface area contributed by atoms with E-state index in [9.17, 15) is 4.79 Å². The Kier molecular flexibility index (Phi) is 17.6. The molecule has 0 bridgehead atoms. The second-order valence-corrected chi connectivity index (χ2v) is 6.14. The zero-order valence-corrected chi connectivity index (χ0v) is 15.1. The van der Waals surface area contributed by atoms with Crippen molar-refractivity contribution in [1.29, 1.82) is 0 Å². The Morgan fingerprint density at radius 3 is 1.77 bits per heavy atom. The van der Waals surface area contributed by atoms with Crippen molar-refractivity contribution < 1.29 is 9.53 Å². The number of carbonyl (C=O) groups is 1. The van der Waals surface area contributed by atoms with Gasteiger partial charge in [-0.15, -0.1) is 0 Å². The molecule has 0 aliphatic carbocycles. The van der Waals surface area contributed by atoms with Crippen LogP contribution in [0.3, 0.4) is 0 Å². The minimum Gasteiger partial charge on any atom is -0.466 e. The molecule has 130 valence electrons. The first kappa shape index (κ1) is 21.2. The van der Waals surface area contributed by atoms with Crippen LogP contribution in [0, 0.1) is 0 Å². The third kappa shape index (κ3) is 17.3. The van der Waals surface area contributed by atoms with Gasteiger partial charge in [-0.2, -0.15) is 0 Å². The van der Waals surface area contributed by atoms with Gasteiger partial charge in [-0.1, -0.05) is 70.4 Å². The Balaban J connectivity index is 3.12. The summed E-state index contributed by atoms with van der Waals surface area (Å²) in [5, 5.41) is 0. The summed E-state index contributed by atoms with van der Waals surface area (Å²) in [6.07, 6.45) is 22.0. The van der Waals surface area contributed by atoms with E-state index in [1.807, 2.05) is 6.92 Å². The van der Waals surface area contributed by atoms with Gasteiger partial charge in [-0.25, -0.2) is 0 Å². The lowest BCUT2D eigenvalue weighted by Crippen LogP contribution is -2.03. The van der Waals surface area contributed by atoms with Crippen LogP contribution in [-0.4, -0.2) is 12.6 Å². The number of esters is 1. The fourth-order valence-electron chi connectivity index (χ4n) is 2.57. The van der Waals surface area contributed by atoms with Crippen molar-refractivity contribution in [3.8, 4) is 0 Å². The molecule has 0 atom stereocenters. The van der Waals surface area contributed by atoms with Crippen LogP contribution >= 0.6 is 0 Å². The number of hydrogen-bond donors (Lipinski definition) is 0. The summed E-state index contributed by atoms with van der Waals surface area (Å²) in [5.74, 6) is -0.0415. The van der Waals surface area contributed by atoms with Gasteiger partial charge in [-0.05, 0) is 39.0 Å². The molecule has 0 amide bonds. The molecule has 0 heterocycles. The Bertz CT molecular complexity index is 258. The van der Waals surface area contributed by atoms with Gasteiger partial charge < -0.3 is 4.74 Å². The van der Waals surface area contributed by atoms with Crippen molar-refractivity contribution in [2.75, 3.05) is 6.61 Å². The Hall–Kier alpha value is -0.790. The van der Waals surface area contributed by atoms with Gasteiger partial charge >= 0.3 is 5.97 Å². The van der Waals surface area contributed by atoms with Gasteiger partial charge in [0.1, 0.15) is 0 Å². The maximum absolute atomic E-state index is 11.1. The molecular weight excluding hydrogens is 272 g/mol. The monoisotopic (exact) mass is 310 g/mol. The zero-order chi connectivity index (χ0) is 16.3. The summed E-state index contributed by atoms with van der Waals surface area (Å²) in [5.41, 5.74) is 0. The first-order valence-corrected chi connectivity index (χ1v) is 9.61. The first-order chi connectivity index (χ1) is 10.8. The van der Waals surface area contributed by atoms with Crippen molar-refractivity contribution in [3.63, 3.8) is 0 Å². The number of hydrogen-bond acceptors (Lipinski definition) is 2. The molecule has 0 spiro atoms. The zero-order valence-electron chi connectivity index (χ0n) is 15.1. The SMILES string of the molecule is CCCCCCCC/C=C\CCCCCCCC(=O)OCC. The molecule has 2 heteroatoms. The minimum atomic E-state index is -0.0415. The van der Waals surface area contributed by atoms with E-state index in [0.29, 0.717) is 13.0 Å². The lowest BCUT2D eigenvalue weighted by molar-refractivity contribution is -0.143. The van der Waals surface area contributed by atoms with Crippen molar-refractivity contribution in [1.82, 2.24) is 0 Å². The van der Waals surface area contributed by atoms with Crippen molar-refractivity contribution in [2.45, 2.75) is 104 Å². The van der Waals surface area contributed by atoms with Crippen molar-refractivity contribution in [3.05, 3.63) is 12.2 Å². The summed E-state index contributed by atoms with van der Waals surface area (Å²) in [7, 11) is 0. The topological polar surface area (TPSA) is 26.3 Å². The fraction of sp³-hybridized carbons (Fsp3) is 0.850. The van der Waals surface area contributed by atoms with E-state index < -0.39 is 0 Å². The Labute approximate surface area is 138 Å². The molecule has 0 aliphatic heterocycles. The summed E-state index contributed by atoms with van der Waals surface area (Å²) in [6.45, 7) is 4.63. The molecule has 0 N–H and O–H groups in total. The summed E-state index contributed by atoms with van der Waals surface area (Å²) >= 11 is 0. The highest BCUT2D eigenvalue weighted by atomic mass is 16.5. The number of unbranched alkanes of at least 4 members (excludes halogenated alkanes) is 11. The quantitative estimate of drug-likeness (QED) is 0.183. The molecular formula is C20H38O2. The molecule has 0 aromatic carbocycles. The van der Waals surface area contributed by atoms with Crippen LogP contribution in [0.2, 0.25) is 0 Å². The van der Waals surface area contributed by atoms with Crippen LogP contribution in [0.25, 0.3) is 0 Å². The molecule has 2 nitrogen and oxygen atoms in total. The smallest absolute Gasteiger partial charge is 0.305 e. The van der Waals surface area contributed by atoms with Crippen LogP contribution in [0.5, 0.6) is 0 Å². The number of rotatable bonds is 16. The standard InChI is InChI=1S/C20H38O2/c1-3-5-6-7-8-9-10-11-12-13-14-15-16-17-18-19-20(21)22-4-2/h11-12H,3-10,13-19H2,1-2H3/b12-11-. The highest BCUT2D eigenvalue weighted by Gasteiger charge is 2.00. The van der Waals surface area contributed by atoms with Gasteiger partial charge in [0.2, 0.25) is 0 Å². The van der Waals surface area contributed by atoms with Crippen molar-refractivity contribution >= 4 is 5.97 Å². The van der Waals surface area contributed by atoms with Crippen LogP contribution in [0.15, 0.2) is 12.2 Å². The minimum absolute atomic E-state index is 0.0415. The lowest BCUT2D eigenvalue weighted by atomic mass is 10.1. The molecule has 0 unspecified atom stereocenters.